The molecule has 0 aliphatic heterocycles. The van der Waals surface area contributed by atoms with Gasteiger partial charge in [-0.2, -0.15) is 0 Å². The smallest absolute Gasteiger partial charge is 0.326 e. The maximum Gasteiger partial charge on any atom is 0.326 e. The van der Waals surface area contributed by atoms with E-state index in [0.29, 0.717) is 0 Å². The van der Waals surface area contributed by atoms with E-state index in [1.54, 1.807) is 24.3 Å². The summed E-state index contributed by atoms with van der Waals surface area (Å²) in [4.78, 5) is 45.1. The number of nitrogens with two attached hydrogens (primary N) is 2. The van der Waals surface area contributed by atoms with Crippen LogP contribution in [0.25, 0.3) is 0 Å². The molecule has 0 spiro atoms. The average molecular weight is 337 g/mol. The van der Waals surface area contributed by atoms with E-state index in [9.17, 15) is 19.2 Å². The predicted molar refractivity (Wildman–Crippen MR) is 82.2 cm³/mol. The Labute approximate surface area is 137 Å². The monoisotopic (exact) mass is 337 g/mol. The number of rotatable bonds is 9. The molecule has 0 bridgehead atoms. The van der Waals surface area contributed by atoms with Crippen LogP contribution < -0.4 is 16.8 Å². The van der Waals surface area contributed by atoms with E-state index < -0.39 is 48.7 Å². The molecule has 0 aliphatic rings. The van der Waals surface area contributed by atoms with Gasteiger partial charge in [0.05, 0.1) is 18.9 Å². The molecule has 0 heterocycles. The number of ether oxygens (including phenoxy) is 1. The van der Waals surface area contributed by atoms with Crippen molar-refractivity contribution >= 4 is 23.8 Å². The number of carbonyl (C=O) groups is 4. The number of primary amides is 1. The van der Waals surface area contributed by atoms with Crippen molar-refractivity contribution in [2.75, 3.05) is 0 Å². The van der Waals surface area contributed by atoms with E-state index >= 15 is 0 Å². The number of hydrogen-bond acceptors (Lipinski definition) is 6. The summed E-state index contributed by atoms with van der Waals surface area (Å²) in [5.41, 5.74) is 11.2. The lowest BCUT2D eigenvalue weighted by atomic mass is 10.1. The van der Waals surface area contributed by atoms with Crippen LogP contribution >= 0.6 is 0 Å². The zero-order valence-corrected chi connectivity index (χ0v) is 12.8. The fourth-order valence-corrected chi connectivity index (χ4v) is 1.75. The highest BCUT2D eigenvalue weighted by atomic mass is 16.5. The Balaban J connectivity index is 2.45. The molecule has 9 nitrogen and oxygen atoms in total. The van der Waals surface area contributed by atoms with Crippen LogP contribution in [0.5, 0.6) is 0 Å². The largest absolute Gasteiger partial charge is 0.480 e. The molecule has 9 heteroatoms. The number of carboxylic acids is 1. The highest BCUT2D eigenvalue weighted by Gasteiger charge is 2.26. The summed E-state index contributed by atoms with van der Waals surface area (Å²) in [6.45, 7) is 0.0352. The molecule has 2 amide bonds. The molecule has 1 aromatic carbocycles. The van der Waals surface area contributed by atoms with Crippen LogP contribution in [0.3, 0.4) is 0 Å². The van der Waals surface area contributed by atoms with Crippen LogP contribution in [-0.4, -0.2) is 40.9 Å². The summed E-state index contributed by atoms with van der Waals surface area (Å²) in [5, 5.41) is 10.9. The van der Waals surface area contributed by atoms with E-state index in [0.717, 1.165) is 5.56 Å². The number of amides is 2. The molecule has 24 heavy (non-hydrogen) atoms. The highest BCUT2D eigenvalue weighted by Crippen LogP contribution is 2.03. The first-order valence-corrected chi connectivity index (χ1v) is 7.06. The third-order valence-corrected chi connectivity index (χ3v) is 2.99. The van der Waals surface area contributed by atoms with Crippen molar-refractivity contribution in [3.05, 3.63) is 35.9 Å². The van der Waals surface area contributed by atoms with Crippen LogP contribution in [0.1, 0.15) is 18.4 Å². The second kappa shape index (κ2) is 9.26. The van der Waals surface area contributed by atoms with Crippen molar-refractivity contribution in [3.8, 4) is 0 Å². The number of hydrogen-bond donors (Lipinski definition) is 4. The number of nitrogens with one attached hydrogen (secondary N) is 1. The third kappa shape index (κ3) is 6.88. The van der Waals surface area contributed by atoms with Gasteiger partial charge in [0.15, 0.2) is 0 Å². The van der Waals surface area contributed by atoms with E-state index in [4.69, 9.17) is 21.3 Å². The van der Waals surface area contributed by atoms with E-state index in [-0.39, 0.29) is 6.61 Å². The summed E-state index contributed by atoms with van der Waals surface area (Å²) in [6, 6.07) is 6.11. The quantitative estimate of drug-likeness (QED) is 0.415. The van der Waals surface area contributed by atoms with Gasteiger partial charge in [0.1, 0.15) is 12.6 Å². The van der Waals surface area contributed by atoms with Crippen LogP contribution in [0.15, 0.2) is 30.3 Å². The van der Waals surface area contributed by atoms with Crippen LogP contribution in [-0.2, 0) is 30.5 Å². The van der Waals surface area contributed by atoms with Gasteiger partial charge in [0, 0.05) is 0 Å². The lowest BCUT2D eigenvalue weighted by molar-refractivity contribution is -0.147. The van der Waals surface area contributed by atoms with Crippen LogP contribution in [0.2, 0.25) is 0 Å². The zero-order valence-electron chi connectivity index (χ0n) is 12.8. The topological polar surface area (TPSA) is 162 Å². The minimum atomic E-state index is -1.50. The number of aliphatic carboxylic acids is 1. The first-order chi connectivity index (χ1) is 11.3. The molecule has 1 aromatic rings. The van der Waals surface area contributed by atoms with Gasteiger partial charge < -0.3 is 26.6 Å². The van der Waals surface area contributed by atoms with E-state index in [1.807, 2.05) is 6.07 Å². The van der Waals surface area contributed by atoms with Crippen molar-refractivity contribution < 1.29 is 29.0 Å². The van der Waals surface area contributed by atoms with Crippen molar-refractivity contribution in [1.82, 2.24) is 5.32 Å². The standard InChI is InChI=1S/C15H19N3O6/c16-10(14(21)18-11(15(22)23)7-12(17)19)6-13(20)24-8-9-4-2-1-3-5-9/h1-5,10-11H,6-8,16H2,(H2,17,19)(H,18,21)(H,22,23)/t10-,11+/m1/s1. The third-order valence-electron chi connectivity index (χ3n) is 2.99. The second-order valence-electron chi connectivity index (χ2n) is 5.03. The van der Waals surface area contributed by atoms with Crippen molar-refractivity contribution in [1.29, 1.82) is 0 Å². The molecule has 0 aromatic heterocycles. The summed E-state index contributed by atoms with van der Waals surface area (Å²) in [7, 11) is 0. The summed E-state index contributed by atoms with van der Waals surface area (Å²) < 4.78 is 4.98. The van der Waals surface area contributed by atoms with Crippen molar-refractivity contribution in [2.45, 2.75) is 31.5 Å². The number of esters is 1. The molecule has 0 saturated heterocycles. The zero-order chi connectivity index (χ0) is 18.1. The Hall–Kier alpha value is -2.94. The van der Waals surface area contributed by atoms with Crippen LogP contribution in [0, 0.1) is 0 Å². The minimum Gasteiger partial charge on any atom is -0.480 e. The van der Waals surface area contributed by atoms with Gasteiger partial charge in [-0.05, 0) is 5.56 Å². The molecule has 130 valence electrons. The molecule has 0 fully saturated rings. The van der Waals surface area contributed by atoms with Gasteiger partial charge in [0.25, 0.3) is 0 Å². The Bertz CT molecular complexity index is 604. The molecule has 0 saturated carbocycles. The lowest BCUT2D eigenvalue weighted by Crippen LogP contribution is -2.50. The van der Waals surface area contributed by atoms with Gasteiger partial charge in [-0.1, -0.05) is 30.3 Å². The molecule has 2 atom stereocenters. The molecule has 0 aliphatic carbocycles. The Kier molecular flexibility index (Phi) is 7.37. The molecule has 6 N–H and O–H groups in total. The minimum absolute atomic E-state index is 0.0352. The lowest BCUT2D eigenvalue weighted by Gasteiger charge is -2.16. The van der Waals surface area contributed by atoms with Gasteiger partial charge in [-0.3, -0.25) is 14.4 Å². The van der Waals surface area contributed by atoms with Crippen LogP contribution in [0.4, 0.5) is 0 Å². The summed E-state index contributed by atoms with van der Waals surface area (Å²) >= 11 is 0. The summed E-state index contributed by atoms with van der Waals surface area (Å²) in [5.74, 6) is -3.91. The molecule has 0 unspecified atom stereocenters. The number of carbonyl (C=O) groups excluding carboxylic acids is 3. The Morgan fingerprint density at radius 1 is 1.12 bits per heavy atom. The highest BCUT2D eigenvalue weighted by molar-refractivity contribution is 5.91. The SMILES string of the molecule is NC(=O)C[C@H](NC(=O)[C@H](N)CC(=O)OCc1ccccc1)C(=O)O. The predicted octanol–water partition coefficient (Wildman–Crippen LogP) is -1.11. The van der Waals surface area contributed by atoms with Crippen molar-refractivity contribution in [3.63, 3.8) is 0 Å². The molecular weight excluding hydrogens is 318 g/mol. The maximum absolute atomic E-state index is 11.8. The van der Waals surface area contributed by atoms with E-state index in [1.165, 1.54) is 0 Å². The average Bonchev–Trinajstić information content (AvgIpc) is 2.52. The van der Waals surface area contributed by atoms with E-state index in [2.05, 4.69) is 5.32 Å². The fourth-order valence-electron chi connectivity index (χ4n) is 1.75. The number of carboxylic acid groups (broad SMARTS) is 1. The molecule has 1 rings (SSSR count). The van der Waals surface area contributed by atoms with Gasteiger partial charge in [0.2, 0.25) is 11.8 Å². The summed E-state index contributed by atoms with van der Waals surface area (Å²) in [6.07, 6.45) is -1.01. The first-order valence-electron chi connectivity index (χ1n) is 7.06. The maximum atomic E-state index is 11.8. The number of benzene rings is 1. The van der Waals surface area contributed by atoms with Crippen molar-refractivity contribution in [2.24, 2.45) is 11.5 Å². The Morgan fingerprint density at radius 2 is 1.75 bits per heavy atom. The first kappa shape index (κ1) is 19.1. The van der Waals surface area contributed by atoms with Gasteiger partial charge >= 0.3 is 11.9 Å². The molecule has 0 radical (unpaired) electrons. The molecular formula is C15H19N3O6. The second-order valence-corrected chi connectivity index (χ2v) is 5.03. The normalized spacial score (nSPS) is 12.7. The van der Waals surface area contributed by atoms with Gasteiger partial charge in [-0.15, -0.1) is 0 Å². The fraction of sp³-hybridized carbons (Fsp3) is 0.333. The Morgan fingerprint density at radius 3 is 2.29 bits per heavy atom. The van der Waals surface area contributed by atoms with Gasteiger partial charge in [-0.25, -0.2) is 4.79 Å².